The quantitative estimate of drug-likeness (QED) is 0.136. The summed E-state index contributed by atoms with van der Waals surface area (Å²) >= 11 is 0. The van der Waals surface area contributed by atoms with Crippen molar-refractivity contribution < 1.29 is 14.3 Å². The largest absolute Gasteiger partial charge is 0.489 e. The first-order chi connectivity index (χ1) is 20.5. The van der Waals surface area contributed by atoms with Gasteiger partial charge in [0.15, 0.2) is 0 Å². The van der Waals surface area contributed by atoms with Crippen molar-refractivity contribution in [2.24, 2.45) is 0 Å². The molecule has 0 aromatic heterocycles. The summed E-state index contributed by atoms with van der Waals surface area (Å²) in [5.41, 5.74) is 6.77. The van der Waals surface area contributed by atoms with E-state index in [1.54, 1.807) is 0 Å². The van der Waals surface area contributed by atoms with Gasteiger partial charge in [0.25, 0.3) is 0 Å². The molecule has 0 radical (unpaired) electrons. The number of rotatable bonds is 16. The Morgan fingerprint density at radius 2 is 1.00 bits per heavy atom. The Morgan fingerprint density at radius 3 is 1.38 bits per heavy atom. The van der Waals surface area contributed by atoms with Gasteiger partial charge in [-0.2, -0.15) is 0 Å². The fraction of sp³-hybridized carbons (Fsp3) is 0.359. The molecule has 0 spiro atoms. The van der Waals surface area contributed by atoms with Crippen LogP contribution in [0.3, 0.4) is 0 Å². The lowest BCUT2D eigenvalue weighted by atomic mass is 9.84. The van der Waals surface area contributed by atoms with Gasteiger partial charge in [-0.05, 0) is 71.2 Å². The topological polar surface area (TPSA) is 35.5 Å². The van der Waals surface area contributed by atoms with Crippen molar-refractivity contribution in [3.63, 3.8) is 0 Å². The Kier molecular flexibility index (Phi) is 11.8. The molecule has 0 bridgehead atoms. The average molecular weight is 563 g/mol. The average Bonchev–Trinajstić information content (AvgIpc) is 3.04. The first kappa shape index (κ1) is 31.1. The Bertz CT molecular complexity index is 1290. The van der Waals surface area contributed by atoms with Crippen molar-refractivity contribution in [1.29, 1.82) is 0 Å². The van der Waals surface area contributed by atoms with Crippen LogP contribution >= 0.6 is 0 Å². The lowest BCUT2D eigenvalue weighted by Gasteiger charge is -2.21. The van der Waals surface area contributed by atoms with Crippen molar-refractivity contribution in [1.82, 2.24) is 0 Å². The zero-order valence-electron chi connectivity index (χ0n) is 25.8. The highest BCUT2D eigenvalue weighted by atomic mass is 16.5. The lowest BCUT2D eigenvalue weighted by molar-refractivity contribution is -0.121. The predicted molar refractivity (Wildman–Crippen MR) is 173 cm³/mol. The normalized spacial score (nSPS) is 12.5. The maximum absolute atomic E-state index is 13.8. The third-order valence-electron chi connectivity index (χ3n) is 8.10. The molecule has 3 nitrogen and oxygen atoms in total. The monoisotopic (exact) mass is 562 g/mol. The molecule has 4 aromatic rings. The van der Waals surface area contributed by atoms with Crippen LogP contribution in [0.2, 0.25) is 0 Å². The van der Waals surface area contributed by atoms with Crippen molar-refractivity contribution in [3.8, 4) is 11.5 Å². The second kappa shape index (κ2) is 16.0. The molecule has 3 heteroatoms. The summed E-state index contributed by atoms with van der Waals surface area (Å²) in [6.07, 6.45) is 6.27. The Labute approximate surface area is 252 Å². The van der Waals surface area contributed by atoms with E-state index in [1.807, 2.05) is 50.2 Å². The van der Waals surface area contributed by atoms with Crippen LogP contribution in [0.15, 0.2) is 97.1 Å². The number of ether oxygens (including phenoxy) is 2. The molecule has 4 aromatic carbocycles. The van der Waals surface area contributed by atoms with Crippen LogP contribution in [0.25, 0.3) is 0 Å². The van der Waals surface area contributed by atoms with E-state index < -0.39 is 0 Å². The maximum atomic E-state index is 13.8. The molecule has 0 fully saturated rings. The predicted octanol–water partition coefficient (Wildman–Crippen LogP) is 10.0. The van der Waals surface area contributed by atoms with Gasteiger partial charge in [-0.25, -0.2) is 0 Å². The van der Waals surface area contributed by atoms with Gasteiger partial charge in [0.1, 0.15) is 30.5 Å². The van der Waals surface area contributed by atoms with E-state index >= 15 is 0 Å². The molecule has 0 aliphatic rings. The van der Waals surface area contributed by atoms with Crippen LogP contribution in [0.5, 0.6) is 11.5 Å². The number of hydrogen-bond acceptors (Lipinski definition) is 3. The fourth-order valence-electron chi connectivity index (χ4n) is 5.32. The zero-order valence-corrected chi connectivity index (χ0v) is 25.8. The molecule has 42 heavy (non-hydrogen) atoms. The second-order valence-corrected chi connectivity index (χ2v) is 11.3. The molecular weight excluding hydrogens is 516 g/mol. The minimum absolute atomic E-state index is 0.211. The van der Waals surface area contributed by atoms with Gasteiger partial charge in [-0.1, -0.05) is 125 Å². The highest BCUT2D eigenvalue weighted by molar-refractivity contribution is 5.91. The summed E-state index contributed by atoms with van der Waals surface area (Å²) in [6.45, 7) is 9.56. The number of benzene rings is 4. The first-order valence-electron chi connectivity index (χ1n) is 15.6. The van der Waals surface area contributed by atoms with Crippen LogP contribution in [0.4, 0.5) is 0 Å². The van der Waals surface area contributed by atoms with Crippen molar-refractivity contribution in [2.45, 2.75) is 91.3 Å². The van der Waals surface area contributed by atoms with Gasteiger partial charge < -0.3 is 9.47 Å². The van der Waals surface area contributed by atoms with E-state index in [0.717, 1.165) is 72.3 Å². The van der Waals surface area contributed by atoms with Crippen LogP contribution < -0.4 is 9.47 Å². The third-order valence-corrected chi connectivity index (χ3v) is 8.10. The molecule has 2 unspecified atom stereocenters. The Hall–Kier alpha value is -3.85. The van der Waals surface area contributed by atoms with Crippen LogP contribution in [-0.2, 0) is 30.8 Å². The van der Waals surface area contributed by atoms with Crippen LogP contribution in [-0.4, -0.2) is 5.78 Å². The van der Waals surface area contributed by atoms with Gasteiger partial charge in [0.2, 0.25) is 0 Å². The number of carbonyl (C=O) groups excluding carboxylic acids is 1. The second-order valence-electron chi connectivity index (χ2n) is 11.3. The molecule has 4 rings (SSSR count). The molecule has 0 amide bonds. The minimum atomic E-state index is -0.211. The summed E-state index contributed by atoms with van der Waals surface area (Å²) in [7, 11) is 0. The molecule has 0 aliphatic heterocycles. The number of unbranched alkanes of at least 4 members (excludes halogenated alkanes) is 2. The Balaban J connectivity index is 1.49. The highest BCUT2D eigenvalue weighted by Gasteiger charge is 2.24. The van der Waals surface area contributed by atoms with Gasteiger partial charge >= 0.3 is 0 Å². The standard InChI is InChI=1S/C39H46O3/c1-5-7-19-35-25-33(21-23-37(35)41-27-31-15-11-9-12-16-31)29(3)39(40)30(4)34-22-24-38(36(26-34)20-8-6-2)42-28-32-17-13-10-14-18-32/h9-18,21-26,29-30H,5-8,19-20,27-28H2,1-4H3. The first-order valence-corrected chi connectivity index (χ1v) is 15.6. The number of hydrogen-bond donors (Lipinski definition) is 0. The third kappa shape index (κ3) is 8.58. The number of aryl methyl sites for hydroxylation is 2. The summed E-state index contributed by atoms with van der Waals surface area (Å²) in [5.74, 6) is 1.63. The number of carbonyl (C=O) groups is 1. The van der Waals surface area contributed by atoms with Gasteiger partial charge in [-0.15, -0.1) is 0 Å². The van der Waals surface area contributed by atoms with Crippen LogP contribution in [0, 0.1) is 0 Å². The SMILES string of the molecule is CCCCc1cc(C(C)C(=O)C(C)c2ccc(OCc3ccccc3)c(CCCC)c2)ccc1OCc1ccccc1. The van der Waals surface area contributed by atoms with Crippen molar-refractivity contribution in [2.75, 3.05) is 0 Å². The molecule has 0 aliphatic carbocycles. The molecule has 0 heterocycles. The highest BCUT2D eigenvalue weighted by Crippen LogP contribution is 2.33. The Morgan fingerprint density at radius 1 is 0.595 bits per heavy atom. The minimum Gasteiger partial charge on any atom is -0.489 e. The van der Waals surface area contributed by atoms with Crippen molar-refractivity contribution in [3.05, 3.63) is 130 Å². The molecule has 0 N–H and O–H groups in total. The summed E-state index contributed by atoms with van der Waals surface area (Å²) in [5, 5.41) is 0. The van der Waals surface area contributed by atoms with E-state index in [4.69, 9.17) is 9.47 Å². The molecule has 2 atom stereocenters. The van der Waals surface area contributed by atoms with Gasteiger partial charge in [0, 0.05) is 11.8 Å². The lowest BCUT2D eigenvalue weighted by Crippen LogP contribution is -2.17. The van der Waals surface area contributed by atoms with E-state index in [-0.39, 0.29) is 17.6 Å². The van der Waals surface area contributed by atoms with Gasteiger partial charge in [-0.3, -0.25) is 4.79 Å². The number of ketones is 1. The van der Waals surface area contributed by atoms with Crippen molar-refractivity contribution >= 4 is 5.78 Å². The number of Topliss-reactive ketones (excluding diaryl/α,β-unsaturated/α-hetero) is 1. The van der Waals surface area contributed by atoms with Gasteiger partial charge in [0.05, 0.1) is 0 Å². The summed E-state index contributed by atoms with van der Waals surface area (Å²) in [4.78, 5) is 13.8. The van der Waals surface area contributed by atoms with Crippen LogP contribution in [0.1, 0.15) is 98.6 Å². The summed E-state index contributed by atoms with van der Waals surface area (Å²) in [6, 6.07) is 33.1. The molecular formula is C39H46O3. The smallest absolute Gasteiger partial charge is 0.147 e. The molecule has 220 valence electrons. The summed E-state index contributed by atoms with van der Waals surface area (Å²) < 4.78 is 12.5. The van der Waals surface area contributed by atoms with E-state index in [0.29, 0.717) is 13.2 Å². The fourth-order valence-corrected chi connectivity index (χ4v) is 5.32. The zero-order chi connectivity index (χ0) is 29.7. The molecule has 0 saturated heterocycles. The van der Waals surface area contributed by atoms with E-state index in [1.165, 1.54) is 11.1 Å². The maximum Gasteiger partial charge on any atom is 0.147 e. The molecule has 0 saturated carbocycles. The van der Waals surface area contributed by atoms with E-state index in [9.17, 15) is 4.79 Å². The van der Waals surface area contributed by atoms with E-state index in [2.05, 4.69) is 74.5 Å².